The average Bonchev–Trinajstić information content (AvgIpc) is 2.96. The number of ether oxygens (including phenoxy) is 1. The van der Waals surface area contributed by atoms with E-state index in [4.69, 9.17) is 10.5 Å². The third-order valence-electron chi connectivity index (χ3n) is 4.12. The van der Waals surface area contributed by atoms with E-state index in [0.717, 1.165) is 30.6 Å². The molecule has 3 N–H and O–H groups in total. The SMILES string of the molecule is CC(C)Oc1cc(NCCN(C)C2CCCC2)ccc1N. The first-order valence-electron chi connectivity index (χ1n) is 8.06. The summed E-state index contributed by atoms with van der Waals surface area (Å²) in [4.78, 5) is 2.48. The smallest absolute Gasteiger partial charge is 0.144 e. The molecule has 0 atom stereocenters. The fraction of sp³-hybridized carbons (Fsp3) is 0.647. The Balaban J connectivity index is 1.82. The van der Waals surface area contributed by atoms with Crippen LogP contribution in [0.2, 0.25) is 0 Å². The molecule has 0 aliphatic heterocycles. The van der Waals surface area contributed by atoms with Crippen molar-refractivity contribution in [1.82, 2.24) is 4.90 Å². The van der Waals surface area contributed by atoms with E-state index in [1.165, 1.54) is 25.7 Å². The predicted molar refractivity (Wildman–Crippen MR) is 90.0 cm³/mol. The van der Waals surface area contributed by atoms with Gasteiger partial charge in [0, 0.05) is 30.9 Å². The van der Waals surface area contributed by atoms with Crippen LogP contribution in [0, 0.1) is 0 Å². The van der Waals surface area contributed by atoms with Gasteiger partial charge in [-0.15, -0.1) is 0 Å². The highest BCUT2D eigenvalue weighted by Crippen LogP contribution is 2.26. The van der Waals surface area contributed by atoms with E-state index in [1.807, 2.05) is 32.0 Å². The first-order chi connectivity index (χ1) is 10.1. The molecule has 4 heteroatoms. The highest BCUT2D eigenvalue weighted by atomic mass is 16.5. The van der Waals surface area contributed by atoms with E-state index in [-0.39, 0.29) is 6.10 Å². The van der Waals surface area contributed by atoms with Crippen LogP contribution in [0.1, 0.15) is 39.5 Å². The van der Waals surface area contributed by atoms with Gasteiger partial charge in [-0.3, -0.25) is 0 Å². The lowest BCUT2D eigenvalue weighted by Crippen LogP contribution is -2.33. The molecule has 21 heavy (non-hydrogen) atoms. The lowest BCUT2D eigenvalue weighted by atomic mass is 10.2. The van der Waals surface area contributed by atoms with Crippen LogP contribution in [-0.2, 0) is 0 Å². The van der Waals surface area contributed by atoms with Gasteiger partial charge in [-0.25, -0.2) is 0 Å². The Labute approximate surface area is 128 Å². The fourth-order valence-corrected chi connectivity index (χ4v) is 2.90. The summed E-state index contributed by atoms with van der Waals surface area (Å²) < 4.78 is 5.72. The number of hydrogen-bond donors (Lipinski definition) is 2. The van der Waals surface area contributed by atoms with Crippen LogP contribution >= 0.6 is 0 Å². The number of anilines is 2. The minimum absolute atomic E-state index is 0.135. The Bertz CT molecular complexity index is 442. The van der Waals surface area contributed by atoms with Crippen molar-refractivity contribution in [2.24, 2.45) is 0 Å². The summed E-state index contributed by atoms with van der Waals surface area (Å²) in [5.74, 6) is 0.763. The Morgan fingerprint density at radius 3 is 2.71 bits per heavy atom. The molecule has 0 radical (unpaired) electrons. The molecular weight excluding hydrogens is 262 g/mol. The topological polar surface area (TPSA) is 50.5 Å². The highest BCUT2D eigenvalue weighted by Gasteiger charge is 2.18. The number of likely N-dealkylation sites (N-methyl/N-ethyl adjacent to an activating group) is 1. The highest BCUT2D eigenvalue weighted by molar-refractivity contribution is 5.61. The van der Waals surface area contributed by atoms with E-state index < -0.39 is 0 Å². The first kappa shape index (κ1) is 16.0. The maximum Gasteiger partial charge on any atom is 0.144 e. The van der Waals surface area contributed by atoms with Crippen molar-refractivity contribution in [3.05, 3.63) is 18.2 Å². The van der Waals surface area contributed by atoms with Crippen molar-refractivity contribution in [3.8, 4) is 5.75 Å². The summed E-state index contributed by atoms with van der Waals surface area (Å²) in [5, 5.41) is 3.46. The molecule has 1 aliphatic rings. The Kier molecular flexibility index (Phi) is 5.74. The lowest BCUT2D eigenvalue weighted by Gasteiger charge is -2.24. The van der Waals surface area contributed by atoms with Crippen LogP contribution in [0.4, 0.5) is 11.4 Å². The van der Waals surface area contributed by atoms with Gasteiger partial charge in [0.05, 0.1) is 11.8 Å². The second-order valence-corrected chi connectivity index (χ2v) is 6.26. The van der Waals surface area contributed by atoms with Gasteiger partial charge >= 0.3 is 0 Å². The lowest BCUT2D eigenvalue weighted by molar-refractivity contribution is 0.244. The third-order valence-corrected chi connectivity index (χ3v) is 4.12. The van der Waals surface area contributed by atoms with Crippen LogP contribution in [0.3, 0.4) is 0 Å². The maximum atomic E-state index is 5.94. The average molecular weight is 291 g/mol. The van der Waals surface area contributed by atoms with Gasteiger partial charge in [-0.1, -0.05) is 12.8 Å². The molecule has 0 aromatic heterocycles. The van der Waals surface area contributed by atoms with Gasteiger partial charge in [-0.05, 0) is 45.9 Å². The van der Waals surface area contributed by atoms with E-state index in [2.05, 4.69) is 17.3 Å². The van der Waals surface area contributed by atoms with Crippen LogP contribution < -0.4 is 15.8 Å². The molecule has 0 saturated heterocycles. The summed E-state index contributed by atoms with van der Waals surface area (Å²) in [5.41, 5.74) is 7.70. The standard InChI is InChI=1S/C17H29N3O/c1-13(2)21-17-12-14(8-9-16(17)18)19-10-11-20(3)15-6-4-5-7-15/h8-9,12-13,15,19H,4-7,10-11,18H2,1-3H3. The van der Waals surface area contributed by atoms with Crippen LogP contribution in [0.5, 0.6) is 5.75 Å². The van der Waals surface area contributed by atoms with Crippen molar-refractivity contribution in [1.29, 1.82) is 0 Å². The second kappa shape index (κ2) is 7.55. The normalized spacial score (nSPS) is 15.9. The zero-order valence-corrected chi connectivity index (χ0v) is 13.6. The molecule has 0 amide bonds. The van der Waals surface area contributed by atoms with Crippen molar-refractivity contribution >= 4 is 11.4 Å². The van der Waals surface area contributed by atoms with Crippen molar-refractivity contribution in [3.63, 3.8) is 0 Å². The zero-order chi connectivity index (χ0) is 15.2. The first-order valence-corrected chi connectivity index (χ1v) is 8.06. The number of benzene rings is 1. The molecule has 0 spiro atoms. The molecule has 1 fully saturated rings. The zero-order valence-electron chi connectivity index (χ0n) is 13.6. The van der Waals surface area contributed by atoms with Crippen molar-refractivity contribution in [2.75, 3.05) is 31.2 Å². The van der Waals surface area contributed by atoms with Gasteiger partial charge in [0.25, 0.3) is 0 Å². The fourth-order valence-electron chi connectivity index (χ4n) is 2.90. The second-order valence-electron chi connectivity index (χ2n) is 6.26. The molecule has 1 aromatic carbocycles. The monoisotopic (exact) mass is 291 g/mol. The molecule has 1 saturated carbocycles. The van der Waals surface area contributed by atoms with E-state index in [9.17, 15) is 0 Å². The summed E-state index contributed by atoms with van der Waals surface area (Å²) in [7, 11) is 2.23. The van der Waals surface area contributed by atoms with Gasteiger partial charge in [0.1, 0.15) is 5.75 Å². The minimum Gasteiger partial charge on any atom is -0.489 e. The number of rotatable bonds is 7. The van der Waals surface area contributed by atoms with Crippen LogP contribution in [0.25, 0.3) is 0 Å². The van der Waals surface area contributed by atoms with Gasteiger partial charge in [-0.2, -0.15) is 0 Å². The minimum atomic E-state index is 0.135. The summed E-state index contributed by atoms with van der Waals surface area (Å²) in [6, 6.07) is 6.68. The number of nitrogens with two attached hydrogens (primary N) is 1. The van der Waals surface area contributed by atoms with Gasteiger partial charge in [0.15, 0.2) is 0 Å². The van der Waals surface area contributed by atoms with E-state index in [1.54, 1.807) is 0 Å². The molecule has 0 heterocycles. The predicted octanol–water partition coefficient (Wildman–Crippen LogP) is 3.34. The molecule has 4 nitrogen and oxygen atoms in total. The Morgan fingerprint density at radius 1 is 1.33 bits per heavy atom. The molecule has 0 bridgehead atoms. The molecular formula is C17H29N3O. The van der Waals surface area contributed by atoms with Crippen molar-refractivity contribution < 1.29 is 4.74 Å². The van der Waals surface area contributed by atoms with Crippen molar-refractivity contribution in [2.45, 2.75) is 51.7 Å². The quantitative estimate of drug-likeness (QED) is 0.757. The molecule has 1 aliphatic carbocycles. The summed E-state index contributed by atoms with van der Waals surface area (Å²) in [6.45, 7) is 6.03. The van der Waals surface area contributed by atoms with Crippen LogP contribution in [-0.4, -0.2) is 37.2 Å². The largest absolute Gasteiger partial charge is 0.489 e. The van der Waals surface area contributed by atoms with E-state index in [0.29, 0.717) is 5.69 Å². The number of nitrogen functional groups attached to an aromatic ring is 1. The Hall–Kier alpha value is -1.42. The van der Waals surface area contributed by atoms with Gasteiger partial charge in [0.2, 0.25) is 0 Å². The van der Waals surface area contributed by atoms with Crippen LogP contribution in [0.15, 0.2) is 18.2 Å². The summed E-state index contributed by atoms with van der Waals surface area (Å²) in [6.07, 6.45) is 5.61. The summed E-state index contributed by atoms with van der Waals surface area (Å²) >= 11 is 0. The Morgan fingerprint density at radius 2 is 2.05 bits per heavy atom. The number of nitrogens with one attached hydrogen (secondary N) is 1. The third kappa shape index (κ3) is 4.81. The number of hydrogen-bond acceptors (Lipinski definition) is 4. The number of nitrogens with zero attached hydrogens (tertiary/aromatic N) is 1. The van der Waals surface area contributed by atoms with Gasteiger partial charge < -0.3 is 20.7 Å². The molecule has 1 aromatic rings. The maximum absolute atomic E-state index is 5.94. The molecule has 0 unspecified atom stereocenters. The van der Waals surface area contributed by atoms with E-state index >= 15 is 0 Å². The molecule has 2 rings (SSSR count). The molecule has 118 valence electrons.